The topological polar surface area (TPSA) is 43.4 Å². The first kappa shape index (κ1) is 12.8. The van der Waals surface area contributed by atoms with Gasteiger partial charge in [0, 0.05) is 13.1 Å². The normalized spacial score (nSPS) is 22.5. The van der Waals surface area contributed by atoms with Crippen LogP contribution in [0.5, 0.6) is 5.19 Å². The van der Waals surface area contributed by atoms with Crippen LogP contribution in [0.4, 0.5) is 0 Å². The summed E-state index contributed by atoms with van der Waals surface area (Å²) < 4.78 is 12.9. The zero-order valence-corrected chi connectivity index (χ0v) is 12.0. The van der Waals surface area contributed by atoms with Gasteiger partial charge in [-0.1, -0.05) is 23.5 Å². The van der Waals surface area contributed by atoms with Crippen molar-refractivity contribution in [1.82, 2.24) is 10.3 Å². The Morgan fingerprint density at radius 3 is 3.11 bits per heavy atom. The SMILES string of the molecule is CC1(C)CNCC(COc2nc3ccccc3s2)O1. The van der Waals surface area contributed by atoms with Gasteiger partial charge in [0.15, 0.2) is 0 Å². The fourth-order valence-electron chi connectivity index (χ4n) is 2.24. The molecule has 2 aromatic rings. The van der Waals surface area contributed by atoms with Gasteiger partial charge in [-0.2, -0.15) is 0 Å². The molecule has 3 rings (SSSR count). The lowest BCUT2D eigenvalue weighted by molar-refractivity contribution is -0.106. The van der Waals surface area contributed by atoms with Gasteiger partial charge in [-0.05, 0) is 26.0 Å². The van der Waals surface area contributed by atoms with Gasteiger partial charge in [-0.25, -0.2) is 4.98 Å². The van der Waals surface area contributed by atoms with Crippen molar-refractivity contribution in [1.29, 1.82) is 0 Å². The third kappa shape index (κ3) is 3.05. The second-order valence-electron chi connectivity index (χ2n) is 5.39. The highest BCUT2D eigenvalue weighted by Crippen LogP contribution is 2.27. The number of benzene rings is 1. The Balaban J connectivity index is 1.62. The summed E-state index contributed by atoms with van der Waals surface area (Å²) in [5.74, 6) is 0. The fourth-order valence-corrected chi connectivity index (χ4v) is 3.06. The predicted molar refractivity (Wildman–Crippen MR) is 76.9 cm³/mol. The Labute approximate surface area is 116 Å². The quantitative estimate of drug-likeness (QED) is 0.936. The number of hydrogen-bond donors (Lipinski definition) is 1. The van der Waals surface area contributed by atoms with Gasteiger partial charge >= 0.3 is 0 Å². The Hall–Kier alpha value is -1.17. The first-order valence-corrected chi connectivity index (χ1v) is 7.31. The van der Waals surface area contributed by atoms with Crippen molar-refractivity contribution in [3.63, 3.8) is 0 Å². The molecule has 102 valence electrons. The summed E-state index contributed by atoms with van der Waals surface area (Å²) in [4.78, 5) is 4.45. The van der Waals surface area contributed by atoms with Crippen molar-refractivity contribution in [2.45, 2.75) is 25.6 Å². The molecule has 1 aliphatic heterocycles. The van der Waals surface area contributed by atoms with Crippen LogP contribution in [0.1, 0.15) is 13.8 Å². The van der Waals surface area contributed by atoms with E-state index in [4.69, 9.17) is 9.47 Å². The first-order valence-electron chi connectivity index (χ1n) is 6.49. The minimum atomic E-state index is -0.125. The molecular weight excluding hydrogens is 260 g/mol. The lowest BCUT2D eigenvalue weighted by Gasteiger charge is -2.36. The maximum atomic E-state index is 5.96. The second kappa shape index (κ2) is 5.07. The second-order valence-corrected chi connectivity index (χ2v) is 6.38. The van der Waals surface area contributed by atoms with E-state index in [2.05, 4.69) is 30.2 Å². The molecule has 1 aromatic heterocycles. The lowest BCUT2D eigenvalue weighted by atomic mass is 10.1. The standard InChI is InChI=1S/C14H18N2O2S/c1-14(2)9-15-7-10(18-14)8-17-13-16-11-5-3-4-6-12(11)19-13/h3-6,10,15H,7-9H2,1-2H3. The summed E-state index contributed by atoms with van der Waals surface area (Å²) in [6.45, 7) is 6.42. The number of hydrogen-bond acceptors (Lipinski definition) is 5. The molecule has 5 heteroatoms. The molecular formula is C14H18N2O2S. The minimum absolute atomic E-state index is 0.0794. The molecule has 0 aliphatic carbocycles. The molecule has 4 nitrogen and oxygen atoms in total. The van der Waals surface area contributed by atoms with E-state index in [1.54, 1.807) is 11.3 Å². The molecule has 1 N–H and O–H groups in total. The number of aromatic nitrogens is 1. The van der Waals surface area contributed by atoms with Gasteiger partial charge in [0.1, 0.15) is 12.7 Å². The fraction of sp³-hybridized carbons (Fsp3) is 0.500. The van der Waals surface area contributed by atoms with Gasteiger partial charge in [-0.15, -0.1) is 0 Å². The summed E-state index contributed by atoms with van der Waals surface area (Å²) >= 11 is 1.58. The largest absolute Gasteiger partial charge is 0.467 e. The number of fused-ring (bicyclic) bond motifs is 1. The third-order valence-corrected chi connectivity index (χ3v) is 4.02. The highest BCUT2D eigenvalue weighted by Gasteiger charge is 2.28. The third-order valence-electron chi connectivity index (χ3n) is 3.08. The maximum absolute atomic E-state index is 5.96. The number of nitrogens with one attached hydrogen (secondary N) is 1. The van der Waals surface area contributed by atoms with Crippen LogP contribution in [0.15, 0.2) is 24.3 Å². The Kier molecular flexibility index (Phi) is 3.43. The van der Waals surface area contributed by atoms with Crippen molar-refractivity contribution >= 4 is 21.6 Å². The van der Waals surface area contributed by atoms with Crippen molar-refractivity contribution < 1.29 is 9.47 Å². The zero-order chi connectivity index (χ0) is 13.3. The van der Waals surface area contributed by atoms with Gasteiger partial charge in [0.25, 0.3) is 5.19 Å². The maximum Gasteiger partial charge on any atom is 0.274 e. The molecule has 1 aliphatic rings. The van der Waals surface area contributed by atoms with E-state index in [1.807, 2.05) is 18.2 Å². The highest BCUT2D eigenvalue weighted by atomic mass is 32.1. The Morgan fingerprint density at radius 2 is 2.32 bits per heavy atom. The Morgan fingerprint density at radius 1 is 1.47 bits per heavy atom. The molecule has 0 spiro atoms. The average molecular weight is 278 g/mol. The number of thiazole rings is 1. The summed E-state index contributed by atoms with van der Waals surface area (Å²) in [5, 5.41) is 4.08. The molecule has 2 heterocycles. The summed E-state index contributed by atoms with van der Waals surface area (Å²) in [6, 6.07) is 8.06. The number of ether oxygens (including phenoxy) is 2. The molecule has 1 fully saturated rings. The zero-order valence-electron chi connectivity index (χ0n) is 11.2. The van der Waals surface area contributed by atoms with Gasteiger partial charge in [-0.3, -0.25) is 0 Å². The van der Waals surface area contributed by atoms with Crippen LogP contribution in [0.25, 0.3) is 10.2 Å². The number of para-hydroxylation sites is 1. The Bertz CT molecular complexity index is 534. The summed E-state index contributed by atoms with van der Waals surface area (Å²) in [6.07, 6.45) is 0.0794. The lowest BCUT2D eigenvalue weighted by Crippen LogP contribution is -2.52. The highest BCUT2D eigenvalue weighted by molar-refractivity contribution is 7.20. The van der Waals surface area contributed by atoms with E-state index < -0.39 is 0 Å². The first-order chi connectivity index (χ1) is 9.12. The molecule has 0 bridgehead atoms. The van der Waals surface area contributed by atoms with Crippen LogP contribution in [0.3, 0.4) is 0 Å². The summed E-state index contributed by atoms with van der Waals surface area (Å²) in [5.41, 5.74) is 0.866. The van der Waals surface area contributed by atoms with Crippen LogP contribution in [-0.2, 0) is 4.74 Å². The van der Waals surface area contributed by atoms with Gasteiger partial charge in [0.2, 0.25) is 0 Å². The van der Waals surface area contributed by atoms with E-state index >= 15 is 0 Å². The average Bonchev–Trinajstić information content (AvgIpc) is 2.78. The van der Waals surface area contributed by atoms with Crippen molar-refractivity contribution in [3.05, 3.63) is 24.3 Å². The minimum Gasteiger partial charge on any atom is -0.467 e. The number of nitrogens with zero attached hydrogens (tertiary/aromatic N) is 1. The van der Waals surface area contributed by atoms with Crippen LogP contribution < -0.4 is 10.1 Å². The smallest absolute Gasteiger partial charge is 0.274 e. The van der Waals surface area contributed by atoms with Gasteiger partial charge in [0.05, 0.1) is 15.8 Å². The molecule has 0 radical (unpaired) electrons. The van der Waals surface area contributed by atoms with Crippen LogP contribution in [0.2, 0.25) is 0 Å². The van der Waals surface area contributed by atoms with Crippen molar-refractivity contribution in [2.24, 2.45) is 0 Å². The molecule has 1 aromatic carbocycles. The van der Waals surface area contributed by atoms with E-state index in [-0.39, 0.29) is 11.7 Å². The van der Waals surface area contributed by atoms with Crippen LogP contribution in [-0.4, -0.2) is 36.4 Å². The molecule has 19 heavy (non-hydrogen) atoms. The number of morpholine rings is 1. The molecule has 1 saturated heterocycles. The van der Waals surface area contributed by atoms with Gasteiger partial charge < -0.3 is 14.8 Å². The van der Waals surface area contributed by atoms with E-state index in [0.717, 1.165) is 23.3 Å². The predicted octanol–water partition coefficient (Wildman–Crippen LogP) is 2.44. The number of rotatable bonds is 3. The van der Waals surface area contributed by atoms with E-state index in [9.17, 15) is 0 Å². The van der Waals surface area contributed by atoms with Crippen molar-refractivity contribution in [3.8, 4) is 5.19 Å². The van der Waals surface area contributed by atoms with Crippen molar-refractivity contribution in [2.75, 3.05) is 19.7 Å². The summed E-state index contributed by atoms with van der Waals surface area (Å²) in [7, 11) is 0. The molecule has 1 atom stereocenters. The van der Waals surface area contributed by atoms with E-state index in [1.165, 1.54) is 0 Å². The monoisotopic (exact) mass is 278 g/mol. The molecule has 1 unspecified atom stereocenters. The van der Waals surface area contributed by atoms with Crippen LogP contribution in [0, 0.1) is 0 Å². The molecule has 0 saturated carbocycles. The van der Waals surface area contributed by atoms with Crippen LogP contribution >= 0.6 is 11.3 Å². The van der Waals surface area contributed by atoms with E-state index in [0.29, 0.717) is 11.8 Å². The molecule has 0 amide bonds.